The molecule has 0 spiro atoms. The Balaban J connectivity index is 2.49. The number of rotatable bonds is 8. The van der Waals surface area contributed by atoms with E-state index in [4.69, 9.17) is 15.2 Å². The zero-order chi connectivity index (χ0) is 14.3. The lowest BCUT2D eigenvalue weighted by Crippen LogP contribution is -2.43. The topological polar surface area (TPSA) is 76.8 Å². The lowest BCUT2D eigenvalue weighted by Gasteiger charge is -2.25. The lowest BCUT2D eigenvalue weighted by molar-refractivity contribution is -0.122. The van der Waals surface area contributed by atoms with Crippen molar-refractivity contribution in [2.45, 2.75) is 38.0 Å². The first kappa shape index (κ1) is 16.4. The van der Waals surface area contributed by atoms with Gasteiger partial charge in [0.05, 0.1) is 12.2 Å². The number of methoxy groups -OCH3 is 2. The van der Waals surface area contributed by atoms with Crippen LogP contribution < -0.4 is 11.1 Å². The SMILES string of the molecule is CCCNC(=O)CC(CN)N1CC(OC)C(OC)C1. The Hall–Kier alpha value is -0.690. The summed E-state index contributed by atoms with van der Waals surface area (Å²) in [6.07, 6.45) is 1.49. The summed E-state index contributed by atoms with van der Waals surface area (Å²) in [5, 5.41) is 2.89. The largest absolute Gasteiger partial charge is 0.377 e. The van der Waals surface area contributed by atoms with Crippen LogP contribution in [0.3, 0.4) is 0 Å². The Morgan fingerprint density at radius 1 is 1.37 bits per heavy atom. The standard InChI is InChI=1S/C13H27N3O3/c1-4-5-15-13(17)6-10(7-14)16-8-11(18-2)12(9-16)19-3/h10-12H,4-9,14H2,1-3H3,(H,15,17). The third kappa shape index (κ3) is 4.72. The third-order valence-corrected chi connectivity index (χ3v) is 3.63. The molecule has 1 saturated heterocycles. The number of carbonyl (C=O) groups is 1. The number of nitrogens with two attached hydrogens (primary N) is 1. The van der Waals surface area contributed by atoms with Crippen LogP contribution in [0.4, 0.5) is 0 Å². The van der Waals surface area contributed by atoms with Crippen LogP contribution >= 0.6 is 0 Å². The first-order valence-corrected chi connectivity index (χ1v) is 6.92. The average molecular weight is 273 g/mol. The van der Waals surface area contributed by atoms with Gasteiger partial charge in [-0.25, -0.2) is 0 Å². The second-order valence-electron chi connectivity index (χ2n) is 4.95. The van der Waals surface area contributed by atoms with Crippen LogP contribution in [0.2, 0.25) is 0 Å². The van der Waals surface area contributed by atoms with E-state index in [1.54, 1.807) is 14.2 Å². The smallest absolute Gasteiger partial charge is 0.221 e. The van der Waals surface area contributed by atoms with Crippen LogP contribution in [-0.4, -0.2) is 69.5 Å². The predicted molar refractivity (Wildman–Crippen MR) is 73.9 cm³/mol. The molecule has 3 N–H and O–H groups in total. The highest BCUT2D eigenvalue weighted by atomic mass is 16.5. The van der Waals surface area contributed by atoms with Gasteiger partial charge >= 0.3 is 0 Å². The molecule has 1 heterocycles. The van der Waals surface area contributed by atoms with Crippen LogP contribution in [0.1, 0.15) is 19.8 Å². The summed E-state index contributed by atoms with van der Waals surface area (Å²) in [7, 11) is 3.37. The maximum absolute atomic E-state index is 11.8. The summed E-state index contributed by atoms with van der Waals surface area (Å²) in [5.74, 6) is 0.0622. The molecule has 0 aromatic heterocycles. The highest BCUT2D eigenvalue weighted by Gasteiger charge is 2.36. The molecule has 1 amide bonds. The molecule has 1 fully saturated rings. The van der Waals surface area contributed by atoms with E-state index in [2.05, 4.69) is 10.2 Å². The maximum Gasteiger partial charge on any atom is 0.221 e. The molecule has 6 heteroatoms. The molecule has 1 rings (SSSR count). The van der Waals surface area contributed by atoms with Crippen molar-refractivity contribution in [2.24, 2.45) is 5.73 Å². The highest BCUT2D eigenvalue weighted by molar-refractivity contribution is 5.76. The third-order valence-electron chi connectivity index (χ3n) is 3.63. The number of likely N-dealkylation sites (tertiary alicyclic amines) is 1. The van der Waals surface area contributed by atoms with E-state index in [-0.39, 0.29) is 24.2 Å². The molecule has 112 valence electrons. The second kappa shape index (κ2) is 8.47. The number of hydrogen-bond donors (Lipinski definition) is 2. The zero-order valence-corrected chi connectivity index (χ0v) is 12.2. The van der Waals surface area contributed by atoms with E-state index >= 15 is 0 Å². The Morgan fingerprint density at radius 3 is 2.37 bits per heavy atom. The van der Waals surface area contributed by atoms with E-state index in [1.807, 2.05) is 6.92 Å². The van der Waals surface area contributed by atoms with Crippen molar-refractivity contribution in [3.05, 3.63) is 0 Å². The Labute approximate surface area is 115 Å². The normalized spacial score (nSPS) is 25.5. The van der Waals surface area contributed by atoms with E-state index in [0.717, 1.165) is 26.1 Å². The van der Waals surface area contributed by atoms with Gasteiger partial charge in [0.25, 0.3) is 0 Å². The van der Waals surface area contributed by atoms with Crippen molar-refractivity contribution >= 4 is 5.91 Å². The lowest BCUT2D eigenvalue weighted by atomic mass is 10.1. The van der Waals surface area contributed by atoms with E-state index in [0.29, 0.717) is 13.0 Å². The number of hydrogen-bond acceptors (Lipinski definition) is 5. The van der Waals surface area contributed by atoms with Gasteiger partial charge in [0.15, 0.2) is 0 Å². The average Bonchev–Trinajstić information content (AvgIpc) is 2.85. The van der Waals surface area contributed by atoms with Gasteiger partial charge in [0.1, 0.15) is 0 Å². The highest BCUT2D eigenvalue weighted by Crippen LogP contribution is 2.19. The van der Waals surface area contributed by atoms with Crippen LogP contribution in [0.15, 0.2) is 0 Å². The first-order valence-electron chi connectivity index (χ1n) is 6.92. The number of ether oxygens (including phenoxy) is 2. The number of nitrogens with one attached hydrogen (secondary N) is 1. The molecule has 0 bridgehead atoms. The predicted octanol–water partition coefficient (Wildman–Crippen LogP) is -0.424. The van der Waals surface area contributed by atoms with Crippen LogP contribution in [-0.2, 0) is 14.3 Å². The first-order chi connectivity index (χ1) is 9.15. The molecule has 0 aliphatic carbocycles. The molecule has 0 aromatic rings. The summed E-state index contributed by atoms with van der Waals surface area (Å²) in [4.78, 5) is 14.0. The molecule has 6 nitrogen and oxygen atoms in total. The fraction of sp³-hybridized carbons (Fsp3) is 0.923. The Bertz CT molecular complexity index is 264. The Kier molecular flexibility index (Phi) is 7.30. The monoisotopic (exact) mass is 273 g/mol. The summed E-state index contributed by atoms with van der Waals surface area (Å²) in [6, 6.07) is 0.0506. The van der Waals surface area contributed by atoms with Crippen molar-refractivity contribution in [3.63, 3.8) is 0 Å². The van der Waals surface area contributed by atoms with E-state index in [1.165, 1.54) is 0 Å². The summed E-state index contributed by atoms with van der Waals surface area (Å²) in [6.45, 7) is 4.74. The second-order valence-corrected chi connectivity index (χ2v) is 4.95. The summed E-state index contributed by atoms with van der Waals surface area (Å²) < 4.78 is 10.8. The minimum atomic E-state index is 0.0506. The number of amides is 1. The van der Waals surface area contributed by atoms with E-state index in [9.17, 15) is 4.79 Å². The molecule has 3 atom stereocenters. The summed E-state index contributed by atoms with van der Waals surface area (Å²) in [5.41, 5.74) is 5.80. The minimum Gasteiger partial charge on any atom is -0.377 e. The molecule has 19 heavy (non-hydrogen) atoms. The van der Waals surface area contributed by atoms with Gasteiger partial charge in [-0.15, -0.1) is 0 Å². The molecule has 1 aliphatic heterocycles. The fourth-order valence-corrected chi connectivity index (χ4v) is 2.43. The Morgan fingerprint density at radius 2 is 1.95 bits per heavy atom. The van der Waals surface area contributed by atoms with Gasteiger partial charge in [-0.3, -0.25) is 9.69 Å². The van der Waals surface area contributed by atoms with Gasteiger partial charge in [0.2, 0.25) is 5.91 Å². The van der Waals surface area contributed by atoms with Crippen molar-refractivity contribution < 1.29 is 14.3 Å². The molecular weight excluding hydrogens is 246 g/mol. The molecule has 3 unspecified atom stereocenters. The summed E-state index contributed by atoms with van der Waals surface area (Å²) >= 11 is 0. The molecule has 0 aromatic carbocycles. The minimum absolute atomic E-state index is 0.0506. The molecule has 0 saturated carbocycles. The molecule has 0 radical (unpaired) electrons. The van der Waals surface area contributed by atoms with Crippen LogP contribution in [0.5, 0.6) is 0 Å². The zero-order valence-electron chi connectivity index (χ0n) is 12.2. The van der Waals surface area contributed by atoms with Crippen LogP contribution in [0.25, 0.3) is 0 Å². The van der Waals surface area contributed by atoms with Crippen molar-refractivity contribution in [1.82, 2.24) is 10.2 Å². The maximum atomic E-state index is 11.8. The van der Waals surface area contributed by atoms with Gasteiger partial charge in [-0.05, 0) is 6.42 Å². The van der Waals surface area contributed by atoms with Crippen molar-refractivity contribution in [2.75, 3.05) is 40.4 Å². The fourth-order valence-electron chi connectivity index (χ4n) is 2.43. The van der Waals surface area contributed by atoms with E-state index < -0.39 is 0 Å². The quantitative estimate of drug-likeness (QED) is 0.628. The van der Waals surface area contributed by atoms with Gasteiger partial charge in [-0.2, -0.15) is 0 Å². The van der Waals surface area contributed by atoms with Gasteiger partial charge in [0, 0.05) is 52.9 Å². The number of nitrogens with zero attached hydrogens (tertiary/aromatic N) is 1. The number of carbonyl (C=O) groups excluding carboxylic acids is 1. The van der Waals surface area contributed by atoms with Crippen molar-refractivity contribution in [3.8, 4) is 0 Å². The van der Waals surface area contributed by atoms with Crippen LogP contribution in [0, 0.1) is 0 Å². The van der Waals surface area contributed by atoms with Crippen molar-refractivity contribution in [1.29, 1.82) is 0 Å². The molecular formula is C13H27N3O3. The molecule has 1 aliphatic rings. The van der Waals surface area contributed by atoms with Gasteiger partial charge < -0.3 is 20.5 Å². The van der Waals surface area contributed by atoms with Gasteiger partial charge in [-0.1, -0.05) is 6.92 Å².